The largest absolute Gasteiger partial charge is 0.423 e. The minimum absolute atomic E-state index is 0.268. The zero-order chi connectivity index (χ0) is 9.42. The first kappa shape index (κ1) is 8.51. The molecule has 0 saturated carbocycles. The maximum absolute atomic E-state index is 11.3. The van der Waals surface area contributed by atoms with Crippen molar-refractivity contribution in [1.29, 1.82) is 0 Å². The van der Waals surface area contributed by atoms with Gasteiger partial charge in [0.1, 0.15) is 5.76 Å². The number of fused-ring (bicyclic) bond motifs is 1. The monoisotopic (exact) mass is 238 g/mol. The van der Waals surface area contributed by atoms with Gasteiger partial charge in [-0.05, 0) is 31.2 Å². The van der Waals surface area contributed by atoms with Crippen LogP contribution in [0.5, 0.6) is 0 Å². The highest BCUT2D eigenvalue weighted by molar-refractivity contribution is 9.10. The van der Waals surface area contributed by atoms with Crippen LogP contribution >= 0.6 is 15.9 Å². The molecule has 0 fully saturated rings. The second kappa shape index (κ2) is 3.00. The standard InChI is InChI=1S/C10H7BrO2/c1-2-9-8-5-6(11)3-4-7(8)10(12)13-9/h2-5H,1H3. The molecule has 3 heteroatoms. The Hall–Kier alpha value is -1.09. The number of benzene rings is 1. The summed E-state index contributed by atoms with van der Waals surface area (Å²) in [6.07, 6.45) is 1.79. The number of allylic oxidation sites excluding steroid dienone is 1. The quantitative estimate of drug-likeness (QED) is 0.650. The Morgan fingerprint density at radius 1 is 1.38 bits per heavy atom. The number of hydrogen-bond donors (Lipinski definition) is 0. The Labute approximate surface area is 84.3 Å². The maximum atomic E-state index is 11.3. The normalized spacial score (nSPS) is 17.4. The molecule has 0 radical (unpaired) electrons. The van der Waals surface area contributed by atoms with E-state index in [9.17, 15) is 4.79 Å². The van der Waals surface area contributed by atoms with E-state index < -0.39 is 0 Å². The van der Waals surface area contributed by atoms with Crippen LogP contribution in [-0.4, -0.2) is 5.97 Å². The van der Waals surface area contributed by atoms with Gasteiger partial charge in [-0.15, -0.1) is 0 Å². The SMILES string of the molecule is CC=C1OC(=O)c2ccc(Br)cc21. The topological polar surface area (TPSA) is 26.3 Å². The molecule has 0 unspecified atom stereocenters. The summed E-state index contributed by atoms with van der Waals surface area (Å²) in [7, 11) is 0. The lowest BCUT2D eigenvalue weighted by Crippen LogP contribution is -1.92. The molecule has 1 aromatic carbocycles. The van der Waals surface area contributed by atoms with Gasteiger partial charge < -0.3 is 4.74 Å². The lowest BCUT2D eigenvalue weighted by Gasteiger charge is -1.95. The zero-order valence-corrected chi connectivity index (χ0v) is 8.59. The van der Waals surface area contributed by atoms with E-state index in [1.165, 1.54) is 0 Å². The fourth-order valence-electron chi connectivity index (χ4n) is 1.32. The third-order valence-electron chi connectivity index (χ3n) is 1.93. The first-order chi connectivity index (χ1) is 6.22. The number of carbonyl (C=O) groups excluding carboxylic acids is 1. The molecule has 0 atom stereocenters. The van der Waals surface area contributed by atoms with Crippen LogP contribution in [0.25, 0.3) is 5.76 Å². The summed E-state index contributed by atoms with van der Waals surface area (Å²) in [5.74, 6) is 0.372. The average Bonchev–Trinajstić information content (AvgIpc) is 2.42. The van der Waals surface area contributed by atoms with Gasteiger partial charge >= 0.3 is 5.97 Å². The fraction of sp³-hybridized carbons (Fsp3) is 0.100. The number of halogens is 1. The van der Waals surface area contributed by atoms with E-state index in [1.807, 2.05) is 19.1 Å². The summed E-state index contributed by atoms with van der Waals surface area (Å²) < 4.78 is 5.99. The van der Waals surface area contributed by atoms with Crippen LogP contribution in [0.3, 0.4) is 0 Å². The molecule has 1 aromatic rings. The number of hydrogen-bond acceptors (Lipinski definition) is 2. The fourth-order valence-corrected chi connectivity index (χ4v) is 1.68. The van der Waals surface area contributed by atoms with Crippen molar-refractivity contribution in [3.05, 3.63) is 39.9 Å². The van der Waals surface area contributed by atoms with Crippen LogP contribution in [0, 0.1) is 0 Å². The lowest BCUT2D eigenvalue weighted by atomic mass is 10.1. The van der Waals surface area contributed by atoms with Crippen LogP contribution in [-0.2, 0) is 4.74 Å². The zero-order valence-electron chi connectivity index (χ0n) is 7.00. The molecule has 0 amide bonds. The van der Waals surface area contributed by atoms with Crippen LogP contribution in [0.4, 0.5) is 0 Å². The van der Waals surface area contributed by atoms with Crippen molar-refractivity contribution >= 4 is 27.7 Å². The van der Waals surface area contributed by atoms with E-state index in [0.29, 0.717) is 11.3 Å². The van der Waals surface area contributed by atoms with E-state index in [1.54, 1.807) is 12.1 Å². The molecular formula is C10H7BrO2. The summed E-state index contributed by atoms with van der Waals surface area (Å²) >= 11 is 3.35. The van der Waals surface area contributed by atoms with Gasteiger partial charge in [0.25, 0.3) is 0 Å². The molecule has 13 heavy (non-hydrogen) atoms. The van der Waals surface area contributed by atoms with Crippen molar-refractivity contribution in [2.45, 2.75) is 6.92 Å². The second-order valence-corrected chi connectivity index (χ2v) is 3.65. The predicted octanol–water partition coefficient (Wildman–Crippen LogP) is 2.98. The molecule has 1 heterocycles. The summed E-state index contributed by atoms with van der Waals surface area (Å²) in [6, 6.07) is 5.48. The van der Waals surface area contributed by atoms with Crippen molar-refractivity contribution in [1.82, 2.24) is 0 Å². The van der Waals surface area contributed by atoms with Gasteiger partial charge in [0, 0.05) is 10.0 Å². The van der Waals surface area contributed by atoms with Crippen LogP contribution in [0.2, 0.25) is 0 Å². The molecular weight excluding hydrogens is 232 g/mol. The number of esters is 1. The van der Waals surface area contributed by atoms with Gasteiger partial charge in [-0.25, -0.2) is 4.79 Å². The van der Waals surface area contributed by atoms with Crippen LogP contribution < -0.4 is 0 Å². The molecule has 2 rings (SSSR count). The molecule has 2 nitrogen and oxygen atoms in total. The average molecular weight is 239 g/mol. The Morgan fingerprint density at radius 2 is 2.15 bits per heavy atom. The van der Waals surface area contributed by atoms with Gasteiger partial charge in [0.2, 0.25) is 0 Å². The molecule has 0 bridgehead atoms. The molecule has 0 saturated heterocycles. The molecule has 0 aromatic heterocycles. The molecule has 1 aliphatic rings. The van der Waals surface area contributed by atoms with E-state index in [0.717, 1.165) is 10.0 Å². The molecule has 0 aliphatic carbocycles. The van der Waals surface area contributed by atoms with Crippen molar-refractivity contribution < 1.29 is 9.53 Å². The maximum Gasteiger partial charge on any atom is 0.344 e. The predicted molar refractivity (Wildman–Crippen MR) is 53.2 cm³/mol. The van der Waals surface area contributed by atoms with Crippen LogP contribution in [0.1, 0.15) is 22.8 Å². The van der Waals surface area contributed by atoms with Crippen molar-refractivity contribution in [3.63, 3.8) is 0 Å². The van der Waals surface area contributed by atoms with Gasteiger partial charge in [-0.2, -0.15) is 0 Å². The lowest BCUT2D eigenvalue weighted by molar-refractivity contribution is 0.0715. The van der Waals surface area contributed by atoms with Gasteiger partial charge in [-0.1, -0.05) is 15.9 Å². The van der Waals surface area contributed by atoms with E-state index in [2.05, 4.69) is 15.9 Å². The minimum Gasteiger partial charge on any atom is -0.423 e. The summed E-state index contributed by atoms with van der Waals surface area (Å²) in [5, 5.41) is 0. The summed E-state index contributed by atoms with van der Waals surface area (Å²) in [4.78, 5) is 11.3. The number of rotatable bonds is 0. The summed E-state index contributed by atoms with van der Waals surface area (Å²) in [5.41, 5.74) is 1.50. The minimum atomic E-state index is -0.268. The second-order valence-electron chi connectivity index (χ2n) is 2.73. The van der Waals surface area contributed by atoms with Crippen molar-refractivity contribution in [3.8, 4) is 0 Å². The highest BCUT2D eigenvalue weighted by Crippen LogP contribution is 2.31. The first-order valence-electron chi connectivity index (χ1n) is 3.91. The Morgan fingerprint density at radius 3 is 2.85 bits per heavy atom. The molecule has 0 spiro atoms. The van der Waals surface area contributed by atoms with Crippen molar-refractivity contribution in [2.75, 3.05) is 0 Å². The number of ether oxygens (including phenoxy) is 1. The number of cyclic esters (lactones) is 1. The number of carbonyl (C=O) groups is 1. The van der Waals surface area contributed by atoms with E-state index in [4.69, 9.17) is 4.74 Å². The summed E-state index contributed by atoms with van der Waals surface area (Å²) in [6.45, 7) is 1.85. The molecule has 1 aliphatic heterocycles. The Kier molecular flexibility index (Phi) is 1.96. The third-order valence-corrected chi connectivity index (χ3v) is 2.43. The highest BCUT2D eigenvalue weighted by atomic mass is 79.9. The van der Waals surface area contributed by atoms with E-state index >= 15 is 0 Å². The van der Waals surface area contributed by atoms with Gasteiger partial charge in [0.05, 0.1) is 5.56 Å². The third kappa shape index (κ3) is 1.29. The molecule has 0 N–H and O–H groups in total. The van der Waals surface area contributed by atoms with E-state index in [-0.39, 0.29) is 5.97 Å². The van der Waals surface area contributed by atoms with Gasteiger partial charge in [0.15, 0.2) is 0 Å². The van der Waals surface area contributed by atoms with Gasteiger partial charge in [-0.3, -0.25) is 0 Å². The molecule has 66 valence electrons. The Bertz CT molecular complexity index is 407. The first-order valence-corrected chi connectivity index (χ1v) is 4.70. The van der Waals surface area contributed by atoms with Crippen molar-refractivity contribution in [2.24, 2.45) is 0 Å². The highest BCUT2D eigenvalue weighted by Gasteiger charge is 2.25. The smallest absolute Gasteiger partial charge is 0.344 e. The van der Waals surface area contributed by atoms with Crippen LogP contribution in [0.15, 0.2) is 28.7 Å². The Balaban J connectivity index is 2.66.